The average Bonchev–Trinajstić information content (AvgIpc) is 3.03. The SMILES string of the molecule is CCC(C12C=CC(CC1C(=O)O)C2)[Si](OC)(OC)OC. The van der Waals surface area contributed by atoms with E-state index in [-0.39, 0.29) is 16.9 Å². The molecule has 2 rings (SSSR count). The van der Waals surface area contributed by atoms with Gasteiger partial charge in [-0.05, 0) is 25.2 Å². The van der Waals surface area contributed by atoms with Crippen LogP contribution in [0.5, 0.6) is 0 Å². The first kappa shape index (κ1) is 15.7. The van der Waals surface area contributed by atoms with Crippen LogP contribution in [0.1, 0.15) is 26.2 Å². The predicted molar refractivity (Wildman–Crippen MR) is 76.2 cm³/mol. The Balaban J connectivity index is 2.44. The average molecular weight is 300 g/mol. The lowest BCUT2D eigenvalue weighted by Gasteiger charge is -2.43. The molecule has 2 bridgehead atoms. The van der Waals surface area contributed by atoms with Crippen molar-refractivity contribution < 1.29 is 23.2 Å². The number of allylic oxidation sites excluding steroid dienone is 2. The van der Waals surface area contributed by atoms with Crippen molar-refractivity contribution in [1.29, 1.82) is 0 Å². The van der Waals surface area contributed by atoms with E-state index < -0.39 is 14.8 Å². The van der Waals surface area contributed by atoms with Crippen molar-refractivity contribution >= 4 is 14.8 Å². The van der Waals surface area contributed by atoms with E-state index in [2.05, 4.69) is 19.1 Å². The van der Waals surface area contributed by atoms with Crippen molar-refractivity contribution in [2.75, 3.05) is 21.3 Å². The highest BCUT2D eigenvalue weighted by atomic mass is 28.4. The molecule has 0 aromatic heterocycles. The van der Waals surface area contributed by atoms with Gasteiger partial charge >= 0.3 is 14.8 Å². The predicted octanol–water partition coefficient (Wildman–Crippen LogP) is 2.31. The summed E-state index contributed by atoms with van der Waals surface area (Å²) in [5.74, 6) is -0.723. The molecule has 6 heteroatoms. The van der Waals surface area contributed by atoms with E-state index in [1.807, 2.05) is 0 Å². The minimum absolute atomic E-state index is 0.0279. The van der Waals surface area contributed by atoms with Crippen LogP contribution in [-0.2, 0) is 18.1 Å². The summed E-state index contributed by atoms with van der Waals surface area (Å²) in [7, 11) is 1.91. The molecule has 0 saturated heterocycles. The maximum atomic E-state index is 11.7. The molecule has 114 valence electrons. The third kappa shape index (κ3) is 2.06. The molecule has 2 aliphatic rings. The van der Waals surface area contributed by atoms with Gasteiger partial charge in [0.1, 0.15) is 0 Å². The maximum Gasteiger partial charge on any atom is 0.504 e. The number of aliphatic carboxylic acids is 1. The number of carbonyl (C=O) groups is 1. The standard InChI is InChI=1S/C14H24O5Si/c1-5-12(20(17-2,18-3)19-4)14-7-6-10(9-14)8-11(14)13(15)16/h6-7,10-12H,5,8-9H2,1-4H3,(H,15,16). The smallest absolute Gasteiger partial charge is 0.481 e. The van der Waals surface area contributed by atoms with E-state index in [0.29, 0.717) is 12.3 Å². The quantitative estimate of drug-likeness (QED) is 0.577. The van der Waals surface area contributed by atoms with Gasteiger partial charge in [0, 0.05) is 32.3 Å². The Labute approximate surface area is 121 Å². The molecule has 1 saturated carbocycles. The summed E-state index contributed by atoms with van der Waals surface area (Å²) in [5.41, 5.74) is -0.417. The van der Waals surface area contributed by atoms with Crippen LogP contribution in [0.2, 0.25) is 5.54 Å². The second-order valence-electron chi connectivity index (χ2n) is 5.74. The van der Waals surface area contributed by atoms with Gasteiger partial charge in [-0.15, -0.1) is 0 Å². The second kappa shape index (κ2) is 5.59. The van der Waals surface area contributed by atoms with E-state index >= 15 is 0 Å². The Morgan fingerprint density at radius 3 is 2.40 bits per heavy atom. The van der Waals surface area contributed by atoms with Gasteiger partial charge in [0.05, 0.1) is 5.92 Å². The molecule has 2 aliphatic carbocycles. The van der Waals surface area contributed by atoms with Crippen LogP contribution in [0.15, 0.2) is 12.2 Å². The number of hydrogen-bond acceptors (Lipinski definition) is 4. The normalized spacial score (nSPS) is 33.6. The van der Waals surface area contributed by atoms with Crippen LogP contribution in [0.4, 0.5) is 0 Å². The fourth-order valence-corrected chi connectivity index (χ4v) is 7.24. The van der Waals surface area contributed by atoms with Crippen molar-refractivity contribution in [2.24, 2.45) is 17.3 Å². The maximum absolute atomic E-state index is 11.7. The number of rotatable bonds is 7. The minimum Gasteiger partial charge on any atom is -0.481 e. The van der Waals surface area contributed by atoms with Crippen LogP contribution in [0.25, 0.3) is 0 Å². The Morgan fingerprint density at radius 2 is 2.00 bits per heavy atom. The van der Waals surface area contributed by atoms with E-state index in [0.717, 1.165) is 12.8 Å². The largest absolute Gasteiger partial charge is 0.504 e. The lowest BCUT2D eigenvalue weighted by molar-refractivity contribution is -0.145. The first-order chi connectivity index (χ1) is 9.49. The fourth-order valence-electron chi connectivity index (χ4n) is 4.32. The van der Waals surface area contributed by atoms with Crippen LogP contribution in [0, 0.1) is 17.3 Å². The Bertz CT molecular complexity index is 398. The summed E-state index contributed by atoms with van der Waals surface area (Å²) in [5, 5.41) is 9.59. The summed E-state index contributed by atoms with van der Waals surface area (Å²) < 4.78 is 16.9. The zero-order valence-corrected chi connectivity index (χ0v) is 13.6. The van der Waals surface area contributed by atoms with Crippen molar-refractivity contribution in [2.45, 2.75) is 31.7 Å². The topological polar surface area (TPSA) is 65.0 Å². The summed E-state index contributed by atoms with van der Waals surface area (Å²) in [4.78, 5) is 11.7. The van der Waals surface area contributed by atoms with E-state index in [1.54, 1.807) is 21.3 Å². The van der Waals surface area contributed by atoms with E-state index in [1.165, 1.54) is 0 Å². The summed E-state index contributed by atoms with van der Waals surface area (Å²) in [6.07, 6.45) is 6.61. The minimum atomic E-state index is -2.88. The second-order valence-corrected chi connectivity index (χ2v) is 8.87. The first-order valence-electron chi connectivity index (χ1n) is 7.07. The zero-order valence-electron chi connectivity index (χ0n) is 12.6. The Hall–Kier alpha value is -0.693. The molecule has 20 heavy (non-hydrogen) atoms. The third-order valence-corrected chi connectivity index (χ3v) is 8.62. The molecular weight excluding hydrogens is 276 g/mol. The van der Waals surface area contributed by atoms with Crippen LogP contribution >= 0.6 is 0 Å². The molecule has 4 atom stereocenters. The molecule has 0 aliphatic heterocycles. The highest BCUT2D eigenvalue weighted by Gasteiger charge is 2.64. The number of carboxylic acid groups (broad SMARTS) is 1. The van der Waals surface area contributed by atoms with Gasteiger partial charge in [-0.25, -0.2) is 0 Å². The summed E-state index contributed by atoms with van der Waals surface area (Å²) in [6.45, 7) is 2.05. The Morgan fingerprint density at radius 1 is 1.40 bits per heavy atom. The van der Waals surface area contributed by atoms with Crippen molar-refractivity contribution in [3.05, 3.63) is 12.2 Å². The van der Waals surface area contributed by atoms with E-state index in [9.17, 15) is 9.90 Å². The van der Waals surface area contributed by atoms with Gasteiger partial charge in [0.2, 0.25) is 0 Å². The molecule has 5 nitrogen and oxygen atoms in total. The zero-order chi connectivity index (χ0) is 15.0. The third-order valence-electron chi connectivity index (χ3n) is 5.12. The van der Waals surface area contributed by atoms with Gasteiger partial charge in [-0.3, -0.25) is 4.79 Å². The number of carboxylic acids is 1. The summed E-state index contributed by atoms with van der Waals surface area (Å²) >= 11 is 0. The molecular formula is C14H24O5Si. The molecule has 1 fully saturated rings. The molecule has 0 heterocycles. The van der Waals surface area contributed by atoms with Gasteiger partial charge in [-0.2, -0.15) is 0 Å². The lowest BCUT2D eigenvalue weighted by Crippen LogP contribution is -2.54. The van der Waals surface area contributed by atoms with Gasteiger partial charge in [0.15, 0.2) is 0 Å². The molecule has 0 amide bonds. The monoisotopic (exact) mass is 300 g/mol. The molecule has 0 spiro atoms. The molecule has 0 radical (unpaired) electrons. The summed E-state index contributed by atoms with van der Waals surface area (Å²) in [6, 6.07) is 0. The highest BCUT2D eigenvalue weighted by Crippen LogP contribution is 2.62. The van der Waals surface area contributed by atoms with Gasteiger partial charge in [-0.1, -0.05) is 19.1 Å². The first-order valence-corrected chi connectivity index (χ1v) is 8.87. The fraction of sp³-hybridized carbons (Fsp3) is 0.786. The highest BCUT2D eigenvalue weighted by molar-refractivity contribution is 6.62. The van der Waals surface area contributed by atoms with Gasteiger partial charge < -0.3 is 18.4 Å². The van der Waals surface area contributed by atoms with Crippen molar-refractivity contribution in [3.63, 3.8) is 0 Å². The lowest BCUT2D eigenvalue weighted by atomic mass is 9.74. The van der Waals surface area contributed by atoms with Gasteiger partial charge in [0.25, 0.3) is 0 Å². The molecule has 0 aromatic carbocycles. The Kier molecular flexibility index (Phi) is 4.39. The molecule has 0 aromatic rings. The van der Waals surface area contributed by atoms with Crippen molar-refractivity contribution in [3.8, 4) is 0 Å². The molecule has 1 N–H and O–H groups in total. The van der Waals surface area contributed by atoms with E-state index in [4.69, 9.17) is 13.3 Å². The number of hydrogen-bond donors (Lipinski definition) is 1. The van der Waals surface area contributed by atoms with Crippen molar-refractivity contribution in [1.82, 2.24) is 0 Å². The van der Waals surface area contributed by atoms with Crippen LogP contribution < -0.4 is 0 Å². The van der Waals surface area contributed by atoms with Crippen LogP contribution in [0.3, 0.4) is 0 Å². The number of fused-ring (bicyclic) bond motifs is 2. The molecule has 4 unspecified atom stereocenters. The van der Waals surface area contributed by atoms with Crippen LogP contribution in [-0.4, -0.2) is 41.2 Å².